The van der Waals surface area contributed by atoms with Crippen LogP contribution in [0.3, 0.4) is 0 Å². The molecule has 0 amide bonds. The maximum absolute atomic E-state index is 5.47. The van der Waals surface area contributed by atoms with Crippen LogP contribution in [-0.4, -0.2) is 26.4 Å². The van der Waals surface area contributed by atoms with E-state index in [1.54, 1.807) is 7.11 Å². The lowest BCUT2D eigenvalue weighted by molar-refractivity contribution is 0.142. The third-order valence-electron chi connectivity index (χ3n) is 3.35. The predicted octanol–water partition coefficient (Wildman–Crippen LogP) is 2.49. The third kappa shape index (κ3) is 4.41. The Morgan fingerprint density at radius 3 is 3.06 bits per heavy atom. The first-order valence-electron chi connectivity index (χ1n) is 6.76. The zero-order valence-electron chi connectivity index (χ0n) is 11.2. The molecule has 3 heteroatoms. The van der Waals surface area contributed by atoms with Crippen molar-refractivity contribution in [2.24, 2.45) is 0 Å². The lowest BCUT2D eigenvalue weighted by Crippen LogP contribution is -2.28. The Morgan fingerprint density at radius 1 is 1.28 bits per heavy atom. The molecule has 100 valence electrons. The number of hydrogen-bond acceptors (Lipinski definition) is 3. The average molecular weight is 249 g/mol. The molecule has 1 heterocycles. The fourth-order valence-corrected chi connectivity index (χ4v) is 2.37. The fraction of sp³-hybridized carbons (Fsp3) is 0.600. The molecule has 1 saturated heterocycles. The molecule has 0 unspecified atom stereocenters. The molecular weight excluding hydrogens is 226 g/mol. The molecule has 1 aliphatic rings. The molecule has 1 aromatic carbocycles. The largest absolute Gasteiger partial charge is 0.381 e. The summed E-state index contributed by atoms with van der Waals surface area (Å²) < 4.78 is 10.6. The van der Waals surface area contributed by atoms with Gasteiger partial charge in [-0.3, -0.25) is 0 Å². The highest BCUT2D eigenvalue weighted by Crippen LogP contribution is 2.10. The molecule has 3 nitrogen and oxygen atoms in total. The summed E-state index contributed by atoms with van der Waals surface area (Å²) in [6, 6.07) is 9.18. The predicted molar refractivity (Wildman–Crippen MR) is 72.5 cm³/mol. The highest BCUT2D eigenvalue weighted by atomic mass is 16.5. The molecular formula is C15H23NO2. The molecule has 1 N–H and O–H groups in total. The summed E-state index contributed by atoms with van der Waals surface area (Å²) in [7, 11) is 1.73. The molecule has 0 aromatic heterocycles. The van der Waals surface area contributed by atoms with E-state index in [2.05, 4.69) is 29.6 Å². The van der Waals surface area contributed by atoms with Crippen LogP contribution >= 0.6 is 0 Å². The summed E-state index contributed by atoms with van der Waals surface area (Å²) in [5, 5.41) is 3.63. The van der Waals surface area contributed by atoms with Crippen molar-refractivity contribution in [3.63, 3.8) is 0 Å². The van der Waals surface area contributed by atoms with E-state index in [4.69, 9.17) is 9.47 Å². The van der Waals surface area contributed by atoms with Crippen molar-refractivity contribution in [3.8, 4) is 0 Å². The first kappa shape index (κ1) is 13.5. The van der Waals surface area contributed by atoms with Crippen LogP contribution in [0.15, 0.2) is 24.3 Å². The Morgan fingerprint density at radius 2 is 2.17 bits per heavy atom. The zero-order chi connectivity index (χ0) is 12.6. The second-order valence-electron chi connectivity index (χ2n) is 4.87. The number of methoxy groups -OCH3 is 1. The number of ether oxygens (including phenoxy) is 2. The van der Waals surface area contributed by atoms with Gasteiger partial charge in [-0.15, -0.1) is 0 Å². The van der Waals surface area contributed by atoms with Crippen molar-refractivity contribution in [1.82, 2.24) is 5.32 Å². The van der Waals surface area contributed by atoms with Gasteiger partial charge in [-0.1, -0.05) is 24.3 Å². The van der Waals surface area contributed by atoms with Crippen molar-refractivity contribution in [2.45, 2.75) is 38.5 Å². The summed E-state index contributed by atoms with van der Waals surface area (Å²) in [6.45, 7) is 3.43. The first-order valence-corrected chi connectivity index (χ1v) is 6.76. The molecule has 1 aliphatic heterocycles. The third-order valence-corrected chi connectivity index (χ3v) is 3.35. The summed E-state index contributed by atoms with van der Waals surface area (Å²) in [4.78, 5) is 0. The van der Waals surface area contributed by atoms with Crippen LogP contribution in [0.2, 0.25) is 0 Å². The van der Waals surface area contributed by atoms with Gasteiger partial charge in [-0.2, -0.15) is 0 Å². The van der Waals surface area contributed by atoms with Gasteiger partial charge < -0.3 is 14.8 Å². The Hall–Kier alpha value is -0.900. The Balaban J connectivity index is 1.83. The summed E-state index contributed by atoms with van der Waals surface area (Å²) in [6.07, 6.45) is 3.51. The number of rotatable bonds is 5. The van der Waals surface area contributed by atoms with E-state index in [0.717, 1.165) is 26.2 Å². The second-order valence-corrected chi connectivity index (χ2v) is 4.87. The average Bonchev–Trinajstić information content (AvgIpc) is 2.66. The van der Waals surface area contributed by atoms with Gasteiger partial charge in [-0.05, 0) is 30.4 Å². The van der Waals surface area contributed by atoms with Gasteiger partial charge in [0.1, 0.15) is 0 Å². The van der Waals surface area contributed by atoms with Crippen LogP contribution in [0.5, 0.6) is 0 Å². The minimum Gasteiger partial charge on any atom is -0.381 e. The summed E-state index contributed by atoms with van der Waals surface area (Å²) >= 11 is 0. The minimum absolute atomic E-state index is 0.596. The quantitative estimate of drug-likeness (QED) is 0.869. The second kappa shape index (κ2) is 7.52. The topological polar surface area (TPSA) is 30.5 Å². The van der Waals surface area contributed by atoms with E-state index in [0.29, 0.717) is 12.6 Å². The van der Waals surface area contributed by atoms with Crippen molar-refractivity contribution in [1.29, 1.82) is 0 Å². The number of hydrogen-bond donors (Lipinski definition) is 1. The van der Waals surface area contributed by atoms with Crippen molar-refractivity contribution in [3.05, 3.63) is 35.4 Å². The van der Waals surface area contributed by atoms with E-state index >= 15 is 0 Å². The smallest absolute Gasteiger partial charge is 0.0713 e. The van der Waals surface area contributed by atoms with Crippen LogP contribution in [0.25, 0.3) is 0 Å². The SMILES string of the molecule is COCc1cccc(CN[C@@H]2CCCOCC2)c1. The number of nitrogens with one attached hydrogen (secondary N) is 1. The molecule has 1 atom stereocenters. The Kier molecular flexibility index (Phi) is 5.65. The standard InChI is InChI=1S/C15H23NO2/c1-17-12-14-5-2-4-13(10-14)11-16-15-6-3-8-18-9-7-15/h2,4-5,10,15-16H,3,6-9,11-12H2,1H3/t15-/m1/s1. The Bertz CT molecular complexity index is 346. The molecule has 18 heavy (non-hydrogen) atoms. The van der Waals surface area contributed by atoms with Gasteiger partial charge in [0.2, 0.25) is 0 Å². The summed E-state index contributed by atoms with van der Waals surface area (Å²) in [5.41, 5.74) is 2.57. The monoisotopic (exact) mass is 249 g/mol. The van der Waals surface area contributed by atoms with Gasteiger partial charge in [0.05, 0.1) is 6.61 Å². The molecule has 0 bridgehead atoms. The highest BCUT2D eigenvalue weighted by Gasteiger charge is 2.11. The van der Waals surface area contributed by atoms with Crippen LogP contribution in [0.1, 0.15) is 30.4 Å². The first-order chi connectivity index (χ1) is 8.88. The molecule has 1 aromatic rings. The van der Waals surface area contributed by atoms with Crippen LogP contribution < -0.4 is 5.32 Å². The molecule has 0 spiro atoms. The molecule has 0 radical (unpaired) electrons. The van der Waals surface area contributed by atoms with Crippen LogP contribution in [0, 0.1) is 0 Å². The van der Waals surface area contributed by atoms with E-state index in [9.17, 15) is 0 Å². The molecule has 2 rings (SSSR count). The van der Waals surface area contributed by atoms with Gasteiger partial charge in [-0.25, -0.2) is 0 Å². The molecule has 0 saturated carbocycles. The zero-order valence-corrected chi connectivity index (χ0v) is 11.2. The number of benzene rings is 1. The van der Waals surface area contributed by atoms with Gasteiger partial charge in [0.25, 0.3) is 0 Å². The maximum atomic E-state index is 5.47. The van der Waals surface area contributed by atoms with E-state index in [1.807, 2.05) is 0 Å². The maximum Gasteiger partial charge on any atom is 0.0713 e. The fourth-order valence-electron chi connectivity index (χ4n) is 2.37. The highest BCUT2D eigenvalue weighted by molar-refractivity contribution is 5.22. The summed E-state index contributed by atoms with van der Waals surface area (Å²) in [5.74, 6) is 0. The van der Waals surface area contributed by atoms with Crippen molar-refractivity contribution in [2.75, 3.05) is 20.3 Å². The van der Waals surface area contributed by atoms with Crippen LogP contribution in [0.4, 0.5) is 0 Å². The van der Waals surface area contributed by atoms with Gasteiger partial charge in [0.15, 0.2) is 0 Å². The lowest BCUT2D eigenvalue weighted by atomic mass is 10.1. The van der Waals surface area contributed by atoms with E-state index < -0.39 is 0 Å². The van der Waals surface area contributed by atoms with Crippen molar-refractivity contribution >= 4 is 0 Å². The molecule has 0 aliphatic carbocycles. The van der Waals surface area contributed by atoms with Gasteiger partial charge in [0, 0.05) is 32.9 Å². The normalized spacial score (nSPS) is 20.6. The lowest BCUT2D eigenvalue weighted by Gasteiger charge is -2.15. The Labute approximate surface area is 109 Å². The van der Waals surface area contributed by atoms with Crippen molar-refractivity contribution < 1.29 is 9.47 Å². The molecule has 1 fully saturated rings. The van der Waals surface area contributed by atoms with E-state index in [1.165, 1.54) is 24.0 Å². The van der Waals surface area contributed by atoms with Gasteiger partial charge >= 0.3 is 0 Å². The minimum atomic E-state index is 0.596. The van der Waals surface area contributed by atoms with Crippen LogP contribution in [-0.2, 0) is 22.6 Å². The van der Waals surface area contributed by atoms with E-state index in [-0.39, 0.29) is 0 Å².